The highest BCUT2D eigenvalue weighted by Gasteiger charge is 2.37. The number of hydrogen-bond acceptors (Lipinski definition) is 2. The van der Waals surface area contributed by atoms with E-state index in [0.29, 0.717) is 0 Å². The Bertz CT molecular complexity index is 227. The molecule has 0 radical (unpaired) electrons. The molecule has 0 aromatic heterocycles. The molecule has 2 atom stereocenters. The molecule has 0 aromatic carbocycles. The predicted molar refractivity (Wildman–Crippen MR) is 83.5 cm³/mol. The highest BCUT2D eigenvalue weighted by molar-refractivity contribution is 4.93. The van der Waals surface area contributed by atoms with Crippen LogP contribution in [0.1, 0.15) is 71.1 Å². The van der Waals surface area contributed by atoms with Gasteiger partial charge >= 0.3 is 0 Å². The van der Waals surface area contributed by atoms with E-state index < -0.39 is 0 Å². The summed E-state index contributed by atoms with van der Waals surface area (Å²) >= 11 is 0. The Balaban J connectivity index is 1.46. The van der Waals surface area contributed by atoms with E-state index in [1.165, 1.54) is 77.3 Å². The summed E-state index contributed by atoms with van der Waals surface area (Å²) < 4.78 is 0. The maximum absolute atomic E-state index is 3.71. The van der Waals surface area contributed by atoms with Crippen LogP contribution in [0, 0.1) is 5.92 Å². The zero-order valence-corrected chi connectivity index (χ0v) is 13.2. The largest absolute Gasteiger partial charge is 0.316 e. The van der Waals surface area contributed by atoms with Gasteiger partial charge in [0.2, 0.25) is 0 Å². The third kappa shape index (κ3) is 4.75. The molecule has 2 saturated heterocycles. The third-order valence-corrected chi connectivity index (χ3v) is 5.34. The Morgan fingerprint density at radius 3 is 2.26 bits per heavy atom. The SMILES string of the molecule is CCCCCCCCNCC1CC2CCC(C1)N2C. The molecule has 0 saturated carbocycles. The lowest BCUT2D eigenvalue weighted by Gasteiger charge is -2.36. The Morgan fingerprint density at radius 2 is 1.58 bits per heavy atom. The van der Waals surface area contributed by atoms with Gasteiger partial charge in [-0.1, -0.05) is 39.0 Å². The Kier molecular flexibility index (Phi) is 6.66. The van der Waals surface area contributed by atoms with Crippen molar-refractivity contribution in [2.75, 3.05) is 20.1 Å². The molecule has 0 aliphatic carbocycles. The molecule has 2 aliphatic rings. The lowest BCUT2D eigenvalue weighted by atomic mass is 9.91. The lowest BCUT2D eigenvalue weighted by Crippen LogP contribution is -2.42. The first-order valence-electron chi connectivity index (χ1n) is 8.74. The van der Waals surface area contributed by atoms with Gasteiger partial charge in [0.1, 0.15) is 0 Å². The first-order chi connectivity index (χ1) is 9.31. The van der Waals surface area contributed by atoms with Crippen LogP contribution < -0.4 is 5.32 Å². The molecule has 1 N–H and O–H groups in total. The topological polar surface area (TPSA) is 15.3 Å². The number of hydrogen-bond donors (Lipinski definition) is 1. The highest BCUT2D eigenvalue weighted by Crippen LogP contribution is 2.36. The van der Waals surface area contributed by atoms with Gasteiger partial charge in [0, 0.05) is 12.1 Å². The van der Waals surface area contributed by atoms with Crippen LogP contribution in [0.25, 0.3) is 0 Å². The summed E-state index contributed by atoms with van der Waals surface area (Å²) in [6.45, 7) is 4.81. The number of unbranched alkanes of at least 4 members (excludes halogenated alkanes) is 5. The molecule has 2 rings (SSSR count). The van der Waals surface area contributed by atoms with Crippen LogP contribution in [0.15, 0.2) is 0 Å². The molecule has 2 fully saturated rings. The zero-order valence-electron chi connectivity index (χ0n) is 13.2. The van der Waals surface area contributed by atoms with Gasteiger partial charge in [0.05, 0.1) is 0 Å². The summed E-state index contributed by atoms with van der Waals surface area (Å²) in [5.74, 6) is 0.953. The summed E-state index contributed by atoms with van der Waals surface area (Å²) in [7, 11) is 2.34. The molecule has 19 heavy (non-hydrogen) atoms. The fourth-order valence-electron chi connectivity index (χ4n) is 4.03. The molecule has 2 heteroatoms. The van der Waals surface area contributed by atoms with Gasteiger partial charge in [-0.15, -0.1) is 0 Å². The summed E-state index contributed by atoms with van der Waals surface area (Å²) in [5.41, 5.74) is 0. The predicted octanol–water partition coefficient (Wildman–Crippen LogP) is 3.81. The first kappa shape index (κ1) is 15.3. The molecule has 2 unspecified atom stereocenters. The van der Waals surface area contributed by atoms with Crippen molar-refractivity contribution in [2.24, 2.45) is 5.92 Å². The van der Waals surface area contributed by atoms with E-state index >= 15 is 0 Å². The number of fused-ring (bicyclic) bond motifs is 2. The maximum atomic E-state index is 3.71. The average Bonchev–Trinajstić information content (AvgIpc) is 2.65. The Hall–Kier alpha value is -0.0800. The van der Waals surface area contributed by atoms with Gasteiger partial charge in [-0.2, -0.15) is 0 Å². The lowest BCUT2D eigenvalue weighted by molar-refractivity contribution is 0.133. The number of piperidine rings is 1. The minimum atomic E-state index is 0.902. The van der Waals surface area contributed by atoms with Crippen LogP contribution in [-0.4, -0.2) is 37.1 Å². The number of nitrogens with zero attached hydrogens (tertiary/aromatic N) is 1. The van der Waals surface area contributed by atoms with Crippen molar-refractivity contribution < 1.29 is 0 Å². The van der Waals surface area contributed by atoms with E-state index in [0.717, 1.165) is 18.0 Å². The molecule has 0 amide bonds. The summed E-state index contributed by atoms with van der Waals surface area (Å²) in [6, 6.07) is 1.80. The van der Waals surface area contributed by atoms with Gasteiger partial charge in [0.25, 0.3) is 0 Å². The molecule has 112 valence electrons. The van der Waals surface area contributed by atoms with E-state index in [9.17, 15) is 0 Å². The van der Waals surface area contributed by atoms with Crippen LogP contribution in [-0.2, 0) is 0 Å². The van der Waals surface area contributed by atoms with Crippen LogP contribution in [0.3, 0.4) is 0 Å². The van der Waals surface area contributed by atoms with Crippen LogP contribution in [0.5, 0.6) is 0 Å². The van der Waals surface area contributed by atoms with Crippen molar-refractivity contribution in [3.8, 4) is 0 Å². The Labute approximate surface area is 120 Å². The van der Waals surface area contributed by atoms with Crippen LogP contribution in [0.4, 0.5) is 0 Å². The molecule has 2 heterocycles. The molecule has 0 aromatic rings. The van der Waals surface area contributed by atoms with Gasteiger partial charge in [-0.3, -0.25) is 0 Å². The highest BCUT2D eigenvalue weighted by atomic mass is 15.2. The molecular formula is C17H34N2. The van der Waals surface area contributed by atoms with Gasteiger partial charge < -0.3 is 10.2 Å². The van der Waals surface area contributed by atoms with Gasteiger partial charge in [-0.25, -0.2) is 0 Å². The standard InChI is InChI=1S/C17H34N2/c1-3-4-5-6-7-8-11-18-14-15-12-16-9-10-17(13-15)19(16)2/h15-18H,3-14H2,1-2H3. The van der Waals surface area contributed by atoms with Crippen molar-refractivity contribution >= 4 is 0 Å². The maximum Gasteiger partial charge on any atom is 0.00988 e. The molecule has 2 aliphatic heterocycles. The minimum Gasteiger partial charge on any atom is -0.316 e. The molecular weight excluding hydrogens is 232 g/mol. The van der Waals surface area contributed by atoms with E-state index in [1.807, 2.05) is 0 Å². The van der Waals surface area contributed by atoms with E-state index in [4.69, 9.17) is 0 Å². The van der Waals surface area contributed by atoms with E-state index in [1.54, 1.807) is 0 Å². The van der Waals surface area contributed by atoms with Crippen molar-refractivity contribution in [3.63, 3.8) is 0 Å². The summed E-state index contributed by atoms with van der Waals surface area (Å²) in [6.07, 6.45) is 14.2. The zero-order chi connectivity index (χ0) is 13.5. The average molecular weight is 266 g/mol. The molecule has 2 nitrogen and oxygen atoms in total. The first-order valence-corrected chi connectivity index (χ1v) is 8.74. The van der Waals surface area contributed by atoms with Crippen molar-refractivity contribution in [1.29, 1.82) is 0 Å². The van der Waals surface area contributed by atoms with Crippen molar-refractivity contribution in [1.82, 2.24) is 10.2 Å². The summed E-state index contributed by atoms with van der Waals surface area (Å²) in [4.78, 5) is 2.64. The normalized spacial score (nSPS) is 30.9. The Morgan fingerprint density at radius 1 is 0.947 bits per heavy atom. The molecule has 0 spiro atoms. The second-order valence-corrected chi connectivity index (χ2v) is 6.86. The third-order valence-electron chi connectivity index (χ3n) is 5.34. The summed E-state index contributed by atoms with van der Waals surface area (Å²) in [5, 5.41) is 3.71. The smallest absolute Gasteiger partial charge is 0.00988 e. The quantitative estimate of drug-likeness (QED) is 0.638. The minimum absolute atomic E-state index is 0.902. The van der Waals surface area contributed by atoms with Gasteiger partial charge in [0.15, 0.2) is 0 Å². The number of nitrogens with one attached hydrogen (secondary N) is 1. The monoisotopic (exact) mass is 266 g/mol. The van der Waals surface area contributed by atoms with E-state index in [2.05, 4.69) is 24.2 Å². The second-order valence-electron chi connectivity index (χ2n) is 6.86. The number of rotatable bonds is 9. The van der Waals surface area contributed by atoms with Crippen molar-refractivity contribution in [2.45, 2.75) is 83.2 Å². The van der Waals surface area contributed by atoms with Crippen LogP contribution in [0.2, 0.25) is 0 Å². The van der Waals surface area contributed by atoms with Crippen molar-refractivity contribution in [3.05, 3.63) is 0 Å². The second kappa shape index (κ2) is 8.26. The van der Waals surface area contributed by atoms with E-state index in [-0.39, 0.29) is 0 Å². The van der Waals surface area contributed by atoms with Gasteiger partial charge in [-0.05, 0) is 58.2 Å². The van der Waals surface area contributed by atoms with Crippen LogP contribution >= 0.6 is 0 Å². The fourth-order valence-corrected chi connectivity index (χ4v) is 4.03. The molecule has 2 bridgehead atoms. The fraction of sp³-hybridized carbons (Fsp3) is 1.00.